The Hall–Kier alpha value is -4.83. The first-order valence-corrected chi connectivity index (χ1v) is 16.0. The maximum atomic E-state index is 14.9. The number of amides is 4. The first-order chi connectivity index (χ1) is 24.2. The summed E-state index contributed by atoms with van der Waals surface area (Å²) in [5, 5.41) is 8.01. The molecule has 0 fully saturated rings. The van der Waals surface area contributed by atoms with Crippen molar-refractivity contribution >= 4 is 52.6 Å². The fourth-order valence-corrected chi connectivity index (χ4v) is 5.10. The first-order valence-electron chi connectivity index (χ1n) is 15.3. The van der Waals surface area contributed by atoms with Crippen LogP contribution in [0.4, 0.5) is 26.3 Å². The molecule has 3 aromatic carbocycles. The third-order valence-electron chi connectivity index (χ3n) is 7.41. The molecule has 0 bridgehead atoms. The number of carbonyl (C=O) groups is 5. The molecule has 52 heavy (non-hydrogen) atoms. The van der Waals surface area contributed by atoms with E-state index in [9.17, 15) is 50.3 Å². The summed E-state index contributed by atoms with van der Waals surface area (Å²) in [6, 6.07) is 8.97. The lowest BCUT2D eigenvalue weighted by molar-refractivity contribution is -0.165. The van der Waals surface area contributed by atoms with Crippen LogP contribution in [0.2, 0.25) is 10.0 Å². The molecule has 0 radical (unpaired) electrons. The van der Waals surface area contributed by atoms with E-state index in [1.165, 1.54) is 75.6 Å². The van der Waals surface area contributed by atoms with Crippen molar-refractivity contribution in [3.8, 4) is 5.75 Å². The molecule has 0 saturated heterocycles. The van der Waals surface area contributed by atoms with Gasteiger partial charge in [-0.25, -0.2) is 4.39 Å². The van der Waals surface area contributed by atoms with Gasteiger partial charge in [0.2, 0.25) is 17.6 Å². The van der Waals surface area contributed by atoms with Crippen LogP contribution in [0.25, 0.3) is 0 Å². The molecule has 0 heterocycles. The molecule has 0 spiro atoms. The Morgan fingerprint density at radius 3 is 2.06 bits per heavy atom. The van der Waals surface area contributed by atoms with Gasteiger partial charge < -0.3 is 26.0 Å². The van der Waals surface area contributed by atoms with Gasteiger partial charge in [-0.3, -0.25) is 24.0 Å². The highest BCUT2D eigenvalue weighted by Crippen LogP contribution is 2.25. The smallest absolute Gasteiger partial charge is 0.405 e. The Morgan fingerprint density at radius 1 is 0.827 bits per heavy atom. The van der Waals surface area contributed by atoms with E-state index < -0.39 is 77.9 Å². The number of benzene rings is 3. The van der Waals surface area contributed by atoms with Gasteiger partial charge in [0.1, 0.15) is 30.2 Å². The molecular weight excluding hydrogens is 745 g/mol. The Bertz CT molecular complexity index is 1790. The zero-order valence-corrected chi connectivity index (χ0v) is 29.1. The molecule has 18 heteroatoms. The van der Waals surface area contributed by atoms with Crippen molar-refractivity contribution in [1.82, 2.24) is 21.3 Å². The summed E-state index contributed by atoms with van der Waals surface area (Å²) in [6.07, 6.45) is -5.40. The molecule has 3 unspecified atom stereocenters. The molecule has 3 atom stereocenters. The molecular formula is C34H32Cl2F6N4O6. The van der Waals surface area contributed by atoms with Gasteiger partial charge in [-0.15, -0.1) is 0 Å². The molecule has 10 nitrogen and oxygen atoms in total. The van der Waals surface area contributed by atoms with Crippen molar-refractivity contribution in [1.29, 1.82) is 0 Å². The van der Waals surface area contributed by atoms with Gasteiger partial charge in [0.25, 0.3) is 11.8 Å². The van der Waals surface area contributed by atoms with E-state index in [-0.39, 0.29) is 33.2 Å². The lowest BCUT2D eigenvalue weighted by Gasteiger charge is -2.28. The number of ether oxygens (including phenoxy) is 1. The highest BCUT2D eigenvalue weighted by Gasteiger charge is 2.52. The Balaban J connectivity index is 1.99. The average Bonchev–Trinajstić information content (AvgIpc) is 3.08. The number of hydrogen-bond acceptors (Lipinski definition) is 6. The zero-order valence-electron chi connectivity index (χ0n) is 27.5. The summed E-state index contributed by atoms with van der Waals surface area (Å²) < 4.78 is 86.6. The predicted molar refractivity (Wildman–Crippen MR) is 177 cm³/mol. The highest BCUT2D eigenvalue weighted by atomic mass is 35.5. The monoisotopic (exact) mass is 776 g/mol. The number of Topliss-reactive ketones (excluding diaryl/α,β-unsaturated/α-hetero) is 1. The van der Waals surface area contributed by atoms with Gasteiger partial charge >= 0.3 is 12.1 Å². The largest absolute Gasteiger partial charge is 0.497 e. The van der Waals surface area contributed by atoms with Crippen LogP contribution in [0.1, 0.15) is 41.4 Å². The molecule has 0 aliphatic heterocycles. The van der Waals surface area contributed by atoms with E-state index in [4.69, 9.17) is 27.9 Å². The van der Waals surface area contributed by atoms with Crippen molar-refractivity contribution in [3.63, 3.8) is 0 Å². The van der Waals surface area contributed by atoms with Crippen LogP contribution in [0.3, 0.4) is 0 Å². The van der Waals surface area contributed by atoms with Crippen molar-refractivity contribution in [3.05, 3.63) is 99.3 Å². The Kier molecular flexibility index (Phi) is 14.1. The zero-order chi connectivity index (χ0) is 39.0. The van der Waals surface area contributed by atoms with E-state index in [0.29, 0.717) is 5.75 Å². The van der Waals surface area contributed by atoms with E-state index in [1.807, 2.05) is 0 Å². The standard InChI is InChI=1S/C34H32Cl2F6N4O6/c1-17(2)26(28(47)34(41,42)32(51)43-16-33(38,39)40)45-31(50)27(19-7-10-22(52-3)11-8-19)46-30(49)25(14-18-5-4-6-21(37)13-18)44-29(48)23-15-20(35)9-12-24(23)36/h4-13,15,17,25-27H,14,16H2,1-3H3,(H,43,51)(H,44,48)(H,45,50)(H,46,49). The average molecular weight is 778 g/mol. The molecule has 0 aliphatic rings. The van der Waals surface area contributed by atoms with E-state index in [2.05, 4.69) is 16.0 Å². The number of nitrogens with one attached hydrogen (secondary N) is 4. The molecule has 4 N–H and O–H groups in total. The van der Waals surface area contributed by atoms with Crippen LogP contribution in [-0.2, 0) is 25.6 Å². The molecule has 4 amide bonds. The third-order valence-corrected chi connectivity index (χ3v) is 7.98. The lowest BCUT2D eigenvalue weighted by Crippen LogP contribution is -2.58. The Labute approximate surface area is 303 Å². The fraction of sp³-hybridized carbons (Fsp3) is 0.324. The van der Waals surface area contributed by atoms with Gasteiger partial charge in [0, 0.05) is 11.4 Å². The first kappa shape index (κ1) is 41.6. The SMILES string of the molecule is COc1ccc(C(NC(=O)C(Cc2cccc(F)c2)NC(=O)c2cc(Cl)ccc2Cl)C(=O)NC(C(=O)C(F)(F)C(=O)NCC(F)(F)F)C(C)C)cc1. The normalized spacial score (nSPS) is 13.4. The van der Waals surface area contributed by atoms with Crippen LogP contribution in [0, 0.1) is 11.7 Å². The summed E-state index contributed by atoms with van der Waals surface area (Å²) in [7, 11) is 1.34. The maximum absolute atomic E-state index is 14.9. The lowest BCUT2D eigenvalue weighted by atomic mass is 9.94. The summed E-state index contributed by atoms with van der Waals surface area (Å²) in [4.78, 5) is 65.9. The summed E-state index contributed by atoms with van der Waals surface area (Å²) in [5.74, 6) is -14.4. The van der Waals surface area contributed by atoms with E-state index in [1.54, 1.807) is 0 Å². The molecule has 3 aromatic rings. The second-order valence-corrected chi connectivity index (χ2v) is 12.5. The van der Waals surface area contributed by atoms with Gasteiger partial charge in [-0.05, 0) is 59.5 Å². The number of halogens is 8. The van der Waals surface area contributed by atoms with Crippen LogP contribution < -0.4 is 26.0 Å². The summed E-state index contributed by atoms with van der Waals surface area (Å²) >= 11 is 12.2. The van der Waals surface area contributed by atoms with Crippen LogP contribution >= 0.6 is 23.2 Å². The molecule has 280 valence electrons. The predicted octanol–water partition coefficient (Wildman–Crippen LogP) is 5.36. The number of methoxy groups -OCH3 is 1. The second kappa shape index (κ2) is 17.6. The van der Waals surface area contributed by atoms with Crippen molar-refractivity contribution in [2.75, 3.05) is 13.7 Å². The van der Waals surface area contributed by atoms with Crippen molar-refractivity contribution in [2.24, 2.45) is 5.92 Å². The topological polar surface area (TPSA) is 143 Å². The molecule has 0 saturated carbocycles. The quantitative estimate of drug-likeness (QED) is 0.121. The summed E-state index contributed by atoms with van der Waals surface area (Å²) in [5.41, 5.74) is 0.124. The second-order valence-electron chi connectivity index (χ2n) is 11.7. The third kappa shape index (κ3) is 11.3. The Morgan fingerprint density at radius 2 is 1.48 bits per heavy atom. The minimum absolute atomic E-state index is 0.0185. The minimum atomic E-state index is -5.06. The van der Waals surface area contributed by atoms with Crippen LogP contribution in [0.15, 0.2) is 66.7 Å². The van der Waals surface area contributed by atoms with Gasteiger partial charge in [-0.2, -0.15) is 22.0 Å². The molecule has 0 aliphatic carbocycles. The number of ketones is 1. The number of alkyl halides is 5. The van der Waals surface area contributed by atoms with Gasteiger partial charge in [0.05, 0.1) is 23.7 Å². The van der Waals surface area contributed by atoms with E-state index in [0.717, 1.165) is 17.4 Å². The molecule has 3 rings (SSSR count). The fourth-order valence-electron chi connectivity index (χ4n) is 4.73. The number of hydrogen-bond donors (Lipinski definition) is 4. The number of carbonyl (C=O) groups excluding carboxylic acids is 5. The maximum Gasteiger partial charge on any atom is 0.405 e. The van der Waals surface area contributed by atoms with Crippen LogP contribution in [-0.4, -0.2) is 67.2 Å². The highest BCUT2D eigenvalue weighted by molar-refractivity contribution is 6.35. The van der Waals surface area contributed by atoms with Crippen molar-refractivity contribution in [2.45, 2.75) is 50.5 Å². The van der Waals surface area contributed by atoms with E-state index >= 15 is 0 Å². The van der Waals surface area contributed by atoms with Gasteiger partial charge in [-0.1, -0.05) is 61.3 Å². The van der Waals surface area contributed by atoms with Crippen LogP contribution in [0.5, 0.6) is 5.75 Å². The van der Waals surface area contributed by atoms with Crippen molar-refractivity contribution < 1.29 is 55.1 Å². The molecule has 0 aromatic heterocycles. The summed E-state index contributed by atoms with van der Waals surface area (Å²) in [6.45, 7) is 0.300. The van der Waals surface area contributed by atoms with Gasteiger partial charge in [0.15, 0.2) is 0 Å². The minimum Gasteiger partial charge on any atom is -0.497 e. The number of rotatable bonds is 15.